The second-order valence-corrected chi connectivity index (χ2v) is 11.9. The van der Waals surface area contributed by atoms with E-state index in [1.807, 2.05) is 16.9 Å². The van der Waals surface area contributed by atoms with Crippen molar-refractivity contribution in [2.75, 3.05) is 0 Å². The van der Waals surface area contributed by atoms with Crippen LogP contribution in [0, 0.1) is 5.92 Å². The summed E-state index contributed by atoms with van der Waals surface area (Å²) >= 11 is 1.95. The molecule has 0 N–H and O–H groups in total. The van der Waals surface area contributed by atoms with Crippen molar-refractivity contribution >= 4 is 29.3 Å². The van der Waals surface area contributed by atoms with E-state index in [0.29, 0.717) is 5.92 Å². The molecular formula is C31H42AsCl. The molecule has 0 aliphatic heterocycles. The van der Waals surface area contributed by atoms with Crippen molar-refractivity contribution in [3.8, 4) is 0 Å². The van der Waals surface area contributed by atoms with Gasteiger partial charge in [0.15, 0.2) is 0 Å². The Hall–Kier alpha value is -1.49. The van der Waals surface area contributed by atoms with Crippen LogP contribution in [-0.2, 0) is 19.3 Å². The quantitative estimate of drug-likeness (QED) is 0.147. The maximum atomic E-state index is 2.33. The summed E-state index contributed by atoms with van der Waals surface area (Å²) in [5.41, 5.74) is 4.45. The predicted octanol–water partition coefficient (Wildman–Crippen LogP) is 8.29. The van der Waals surface area contributed by atoms with Gasteiger partial charge in [0.2, 0.25) is 0 Å². The normalized spacial score (nSPS) is 12.2. The molecule has 0 spiro atoms. The Morgan fingerprint density at radius 1 is 0.606 bits per heavy atom. The molecular weight excluding hydrogens is 483 g/mol. The number of benzene rings is 3. The second-order valence-electron chi connectivity index (χ2n) is 9.50. The first-order valence-electron chi connectivity index (χ1n) is 12.6. The van der Waals surface area contributed by atoms with Crippen LogP contribution >= 0.6 is 12.4 Å². The summed E-state index contributed by atoms with van der Waals surface area (Å²) in [7, 11) is 0. The Kier molecular flexibility index (Phi) is 13.0. The van der Waals surface area contributed by atoms with E-state index < -0.39 is 0 Å². The molecule has 3 aromatic carbocycles. The average Bonchev–Trinajstić information content (AvgIpc) is 2.82. The fourth-order valence-electron chi connectivity index (χ4n) is 4.97. The summed E-state index contributed by atoms with van der Waals surface area (Å²) in [5, 5.41) is 0. The van der Waals surface area contributed by atoms with Crippen molar-refractivity contribution in [2.24, 2.45) is 5.92 Å². The van der Waals surface area contributed by atoms with Gasteiger partial charge in [-0.2, -0.15) is 0 Å². The largest absolute Gasteiger partial charge is 0.147 e. The van der Waals surface area contributed by atoms with Gasteiger partial charge in [0.1, 0.15) is 0 Å². The summed E-state index contributed by atoms with van der Waals surface area (Å²) in [6.07, 6.45) is 13.1. The molecule has 0 radical (unpaired) electrons. The topological polar surface area (TPSA) is 0 Å². The van der Waals surface area contributed by atoms with Gasteiger partial charge in [0.25, 0.3) is 0 Å². The summed E-state index contributed by atoms with van der Waals surface area (Å²) in [5.74, 6) is 0.691. The van der Waals surface area contributed by atoms with Crippen LogP contribution in [0.2, 0.25) is 4.20 Å². The number of hydrogen-bond acceptors (Lipinski definition) is 0. The van der Waals surface area contributed by atoms with Crippen LogP contribution in [-0.4, -0.2) is 16.9 Å². The molecule has 0 aromatic heterocycles. The average molecular weight is 525 g/mol. The second kappa shape index (κ2) is 15.4. The zero-order chi connectivity index (χ0) is 22.5. The van der Waals surface area contributed by atoms with Gasteiger partial charge in [-0.05, 0) is 0 Å². The molecule has 2 unspecified atom stereocenters. The smallest absolute Gasteiger partial charge is 0.147 e. The van der Waals surface area contributed by atoms with E-state index in [1.165, 1.54) is 68.1 Å². The van der Waals surface area contributed by atoms with Crippen LogP contribution in [0.15, 0.2) is 91.0 Å². The molecule has 3 aromatic rings. The zero-order valence-corrected chi connectivity index (χ0v) is 23.5. The van der Waals surface area contributed by atoms with Gasteiger partial charge in [-0.1, -0.05) is 0 Å². The van der Waals surface area contributed by atoms with Crippen LogP contribution in [0.4, 0.5) is 0 Å². The first-order valence-corrected chi connectivity index (χ1v) is 13.8. The van der Waals surface area contributed by atoms with Crippen molar-refractivity contribution in [1.29, 1.82) is 0 Å². The Morgan fingerprint density at radius 2 is 1.03 bits per heavy atom. The van der Waals surface area contributed by atoms with Gasteiger partial charge < -0.3 is 0 Å². The summed E-state index contributed by atoms with van der Waals surface area (Å²) in [6, 6.07) is 33.6. The zero-order valence-electron chi connectivity index (χ0n) is 20.3. The molecule has 0 aliphatic carbocycles. The van der Waals surface area contributed by atoms with Gasteiger partial charge >= 0.3 is 206 Å². The van der Waals surface area contributed by atoms with Crippen LogP contribution in [0.25, 0.3) is 0 Å². The van der Waals surface area contributed by atoms with Crippen LogP contribution in [0.5, 0.6) is 0 Å². The minimum absolute atomic E-state index is 0. The molecule has 178 valence electrons. The maximum Gasteiger partial charge on any atom is -0.147 e. The Balaban J connectivity index is 0.00000385. The molecule has 2 atom stereocenters. The molecule has 0 aliphatic rings. The van der Waals surface area contributed by atoms with Crippen LogP contribution < -0.4 is 0 Å². The number of unbranched alkanes of at least 4 members (excludes halogenated alkanes) is 5. The van der Waals surface area contributed by atoms with Gasteiger partial charge in [0, 0.05) is 0 Å². The third kappa shape index (κ3) is 9.72. The summed E-state index contributed by atoms with van der Waals surface area (Å²) in [4.78, 5) is 0. The van der Waals surface area contributed by atoms with Crippen LogP contribution in [0.1, 0.15) is 68.6 Å². The first-order chi connectivity index (χ1) is 15.7. The van der Waals surface area contributed by atoms with Gasteiger partial charge in [-0.15, -0.1) is 12.4 Å². The van der Waals surface area contributed by atoms with Crippen molar-refractivity contribution in [3.63, 3.8) is 0 Å². The number of halogens is 1. The maximum absolute atomic E-state index is 2.33. The molecule has 0 heterocycles. The van der Waals surface area contributed by atoms with E-state index in [1.54, 1.807) is 0 Å². The number of hydrogen-bond donors (Lipinski definition) is 0. The number of rotatable bonds is 14. The third-order valence-electron chi connectivity index (χ3n) is 6.80. The molecule has 0 saturated heterocycles. The van der Waals surface area contributed by atoms with Crippen LogP contribution in [0.3, 0.4) is 0 Å². The van der Waals surface area contributed by atoms with E-state index in [-0.39, 0.29) is 16.6 Å². The summed E-state index contributed by atoms with van der Waals surface area (Å²) in [6.45, 7) is 2.30. The first kappa shape index (κ1) is 27.8. The minimum atomic E-state index is 0. The van der Waals surface area contributed by atoms with Gasteiger partial charge in [-0.25, -0.2) is 0 Å². The van der Waals surface area contributed by atoms with Crippen molar-refractivity contribution < 1.29 is 0 Å². The van der Waals surface area contributed by atoms with E-state index in [2.05, 4.69) is 97.9 Å². The van der Waals surface area contributed by atoms with E-state index >= 15 is 0 Å². The van der Waals surface area contributed by atoms with Crippen molar-refractivity contribution in [2.45, 2.75) is 75.3 Å². The van der Waals surface area contributed by atoms with E-state index in [4.69, 9.17) is 0 Å². The summed E-state index contributed by atoms with van der Waals surface area (Å²) < 4.78 is 0.287. The SMILES string of the molecule is CCCCCCCCC(Cc1ccccc1)C([AsH2])(Cc1ccccc1)Cc1ccccc1.Cl. The van der Waals surface area contributed by atoms with Gasteiger partial charge in [0.05, 0.1) is 0 Å². The van der Waals surface area contributed by atoms with Crippen molar-refractivity contribution in [3.05, 3.63) is 108 Å². The molecule has 2 heteroatoms. The molecule has 0 saturated carbocycles. The fraction of sp³-hybridized carbons (Fsp3) is 0.419. The monoisotopic (exact) mass is 524 g/mol. The molecule has 33 heavy (non-hydrogen) atoms. The standard InChI is InChI=1S/C31H41As.ClH/c1-2-3-4-5-6-16-23-30(24-27-17-10-7-11-18-27)31(32,25-28-19-12-8-13-20-28)26-29-21-14-9-15-22-29;/h7-15,17-22,30H,2-6,16,23-26,32H2,1H3;1H. The van der Waals surface area contributed by atoms with E-state index in [0.717, 1.165) is 12.8 Å². The molecule has 0 bridgehead atoms. The fourth-order valence-corrected chi connectivity index (χ4v) is 6.55. The Labute approximate surface area is 217 Å². The third-order valence-corrected chi connectivity index (χ3v) is 8.64. The van der Waals surface area contributed by atoms with E-state index in [9.17, 15) is 0 Å². The molecule has 3 rings (SSSR count). The Bertz CT molecular complexity index is 822. The van der Waals surface area contributed by atoms with Gasteiger partial charge in [-0.3, -0.25) is 0 Å². The minimum Gasteiger partial charge on any atom is -0.147 e. The molecule has 0 fully saturated rings. The predicted molar refractivity (Wildman–Crippen MR) is 150 cm³/mol. The molecule has 0 nitrogen and oxygen atoms in total. The molecule has 0 amide bonds. The Morgan fingerprint density at radius 3 is 1.52 bits per heavy atom. The van der Waals surface area contributed by atoms with Crippen molar-refractivity contribution in [1.82, 2.24) is 0 Å².